The van der Waals surface area contributed by atoms with Gasteiger partial charge in [-0.3, -0.25) is 4.79 Å². The number of fused-ring (bicyclic) bond motifs is 5. The van der Waals surface area contributed by atoms with Gasteiger partial charge in [-0.1, -0.05) is 0 Å². The monoisotopic (exact) mass is 306 g/mol. The van der Waals surface area contributed by atoms with Gasteiger partial charge in [0.05, 0.1) is 0 Å². The average molecular weight is 307 g/mol. The second-order valence-corrected chi connectivity index (χ2v) is 6.76. The van der Waals surface area contributed by atoms with Crippen molar-refractivity contribution in [3.63, 3.8) is 0 Å². The van der Waals surface area contributed by atoms with E-state index in [0.29, 0.717) is 11.7 Å². The Hall–Kier alpha value is -0.900. The van der Waals surface area contributed by atoms with Gasteiger partial charge in [-0.2, -0.15) is 0 Å². The Bertz CT molecular complexity index is 485. The molecule has 3 aliphatic rings. The van der Waals surface area contributed by atoms with Crippen LogP contribution in [0.5, 0.6) is 0 Å². The van der Waals surface area contributed by atoms with E-state index in [1.165, 1.54) is 19.3 Å². The van der Waals surface area contributed by atoms with Crippen molar-refractivity contribution in [1.82, 2.24) is 10.3 Å². The van der Waals surface area contributed by atoms with Crippen molar-refractivity contribution in [1.29, 1.82) is 0 Å². The molecule has 3 saturated carbocycles. The molecule has 0 saturated heterocycles. The molecule has 2 bridgehead atoms. The van der Waals surface area contributed by atoms with E-state index in [0.717, 1.165) is 28.1 Å². The maximum atomic E-state index is 12.1. The number of amides is 1. The molecule has 3 aliphatic carbocycles. The van der Waals surface area contributed by atoms with Gasteiger partial charge in [0.2, 0.25) is 0 Å². The Morgan fingerprint density at radius 1 is 1.28 bits per heavy atom. The van der Waals surface area contributed by atoms with Gasteiger partial charge in [-0.05, 0) is 71.0 Å². The number of pyridine rings is 1. The van der Waals surface area contributed by atoms with Crippen molar-refractivity contribution >= 4 is 21.8 Å². The topological polar surface area (TPSA) is 42.0 Å². The van der Waals surface area contributed by atoms with E-state index in [2.05, 4.69) is 26.2 Å². The number of carbonyl (C=O) groups is 1. The van der Waals surface area contributed by atoms with Crippen molar-refractivity contribution in [2.45, 2.75) is 25.3 Å². The zero-order chi connectivity index (χ0) is 12.3. The molecule has 1 heterocycles. The first-order chi connectivity index (χ1) is 8.74. The number of nitrogens with zero attached hydrogens (tertiary/aromatic N) is 1. The van der Waals surface area contributed by atoms with E-state index < -0.39 is 0 Å². The maximum absolute atomic E-state index is 12.1. The van der Waals surface area contributed by atoms with Gasteiger partial charge in [0.15, 0.2) is 0 Å². The van der Waals surface area contributed by atoms with Gasteiger partial charge in [-0.15, -0.1) is 0 Å². The van der Waals surface area contributed by atoms with E-state index in [4.69, 9.17) is 0 Å². The van der Waals surface area contributed by atoms with Gasteiger partial charge in [0.25, 0.3) is 5.91 Å². The number of hydrogen-bond acceptors (Lipinski definition) is 2. The highest BCUT2D eigenvalue weighted by Gasteiger charge is 2.65. The van der Waals surface area contributed by atoms with Gasteiger partial charge in [0, 0.05) is 16.7 Å². The van der Waals surface area contributed by atoms with Crippen LogP contribution in [-0.2, 0) is 0 Å². The number of halogens is 1. The molecular formula is C14H15BrN2O. The quantitative estimate of drug-likeness (QED) is 0.912. The highest BCUT2D eigenvalue weighted by atomic mass is 79.9. The summed E-state index contributed by atoms with van der Waals surface area (Å²) < 4.78 is 0.903. The van der Waals surface area contributed by atoms with Gasteiger partial charge < -0.3 is 5.32 Å². The molecule has 0 aliphatic heterocycles. The van der Waals surface area contributed by atoms with Crippen LogP contribution in [0, 0.1) is 23.7 Å². The molecule has 4 unspecified atom stereocenters. The van der Waals surface area contributed by atoms with E-state index in [-0.39, 0.29) is 5.91 Å². The molecule has 1 aromatic rings. The molecule has 4 rings (SSSR count). The van der Waals surface area contributed by atoms with Crippen LogP contribution in [0.3, 0.4) is 0 Å². The predicted molar refractivity (Wildman–Crippen MR) is 71.0 cm³/mol. The van der Waals surface area contributed by atoms with Gasteiger partial charge in [0.1, 0.15) is 5.69 Å². The smallest absolute Gasteiger partial charge is 0.270 e. The lowest BCUT2D eigenvalue weighted by Gasteiger charge is -2.10. The summed E-state index contributed by atoms with van der Waals surface area (Å²) in [5.41, 5.74) is 0.524. The number of carbonyl (C=O) groups excluding carboxylic acids is 1. The molecule has 0 spiro atoms. The summed E-state index contributed by atoms with van der Waals surface area (Å²) in [6, 6.07) is 4.07. The van der Waals surface area contributed by atoms with Crippen LogP contribution >= 0.6 is 15.9 Å². The normalized spacial score (nSPS) is 39.5. The Morgan fingerprint density at radius 3 is 2.61 bits per heavy atom. The lowest BCUT2D eigenvalue weighted by atomic mass is 10.0. The highest BCUT2D eigenvalue weighted by Crippen LogP contribution is 2.65. The molecule has 3 fully saturated rings. The maximum Gasteiger partial charge on any atom is 0.270 e. The summed E-state index contributed by atoms with van der Waals surface area (Å²) in [5.74, 6) is 3.33. The Balaban J connectivity index is 1.44. The minimum atomic E-state index is -0.0127. The van der Waals surface area contributed by atoms with Crippen LogP contribution in [0.15, 0.2) is 22.8 Å². The van der Waals surface area contributed by atoms with Crippen LogP contribution in [-0.4, -0.2) is 16.9 Å². The largest absolute Gasteiger partial charge is 0.347 e. The Morgan fingerprint density at radius 2 is 2.00 bits per heavy atom. The molecule has 0 radical (unpaired) electrons. The third kappa shape index (κ3) is 1.54. The lowest BCUT2D eigenvalue weighted by Crippen LogP contribution is -2.30. The third-order valence-electron chi connectivity index (χ3n) is 4.99. The fourth-order valence-electron chi connectivity index (χ4n) is 4.25. The van der Waals surface area contributed by atoms with Crippen LogP contribution in [0.2, 0.25) is 0 Å². The second-order valence-electron chi connectivity index (χ2n) is 5.85. The van der Waals surface area contributed by atoms with Crippen LogP contribution < -0.4 is 5.32 Å². The highest BCUT2D eigenvalue weighted by molar-refractivity contribution is 9.10. The second kappa shape index (κ2) is 3.80. The number of nitrogens with one attached hydrogen (secondary N) is 1. The van der Waals surface area contributed by atoms with Crippen LogP contribution in [0.4, 0.5) is 0 Å². The SMILES string of the molecule is O=C(NC1C2C3CCC(C3)C12)c1ccc(Br)cn1. The standard InChI is InChI=1S/C14H15BrN2O/c15-9-3-4-10(16-6-9)14(18)17-13-11-7-1-2-8(5-7)12(11)13/h3-4,6-8,11-13H,1-2,5H2,(H,17,18). The molecule has 1 aromatic heterocycles. The molecular weight excluding hydrogens is 292 g/mol. The van der Waals surface area contributed by atoms with Gasteiger partial charge in [-0.25, -0.2) is 4.98 Å². The molecule has 1 amide bonds. The first-order valence-electron chi connectivity index (χ1n) is 6.66. The minimum absolute atomic E-state index is 0.0127. The first kappa shape index (κ1) is 11.0. The Labute approximate surface area is 114 Å². The molecule has 3 nitrogen and oxygen atoms in total. The Kier molecular flexibility index (Phi) is 2.31. The average Bonchev–Trinajstić information content (AvgIpc) is 2.78. The van der Waals surface area contributed by atoms with Crippen LogP contribution in [0.25, 0.3) is 0 Å². The number of aromatic nitrogens is 1. The summed E-state index contributed by atoms with van der Waals surface area (Å²) in [5, 5.41) is 3.18. The van der Waals surface area contributed by atoms with E-state index in [1.807, 2.05) is 6.07 Å². The molecule has 4 atom stereocenters. The summed E-state index contributed by atoms with van der Waals surface area (Å²) in [6.07, 6.45) is 5.86. The molecule has 94 valence electrons. The molecule has 1 N–H and O–H groups in total. The summed E-state index contributed by atoms with van der Waals surface area (Å²) in [4.78, 5) is 16.2. The summed E-state index contributed by atoms with van der Waals surface area (Å²) in [6.45, 7) is 0. The van der Waals surface area contributed by atoms with Crippen molar-refractivity contribution < 1.29 is 4.79 Å². The first-order valence-corrected chi connectivity index (χ1v) is 7.46. The van der Waals surface area contributed by atoms with E-state index in [9.17, 15) is 4.79 Å². The van der Waals surface area contributed by atoms with Crippen molar-refractivity contribution in [3.8, 4) is 0 Å². The van der Waals surface area contributed by atoms with E-state index >= 15 is 0 Å². The fraction of sp³-hybridized carbons (Fsp3) is 0.571. The van der Waals surface area contributed by atoms with Crippen molar-refractivity contribution in [2.24, 2.45) is 23.7 Å². The summed E-state index contributed by atoms with van der Waals surface area (Å²) >= 11 is 3.33. The molecule has 0 aromatic carbocycles. The van der Waals surface area contributed by atoms with E-state index in [1.54, 1.807) is 12.3 Å². The predicted octanol–water partition coefficient (Wildman–Crippen LogP) is 2.62. The number of rotatable bonds is 2. The zero-order valence-corrected chi connectivity index (χ0v) is 11.6. The lowest BCUT2D eigenvalue weighted by molar-refractivity contribution is 0.0939. The van der Waals surface area contributed by atoms with Crippen molar-refractivity contribution in [3.05, 3.63) is 28.5 Å². The molecule has 18 heavy (non-hydrogen) atoms. The summed E-state index contributed by atoms with van der Waals surface area (Å²) in [7, 11) is 0. The van der Waals surface area contributed by atoms with Crippen molar-refractivity contribution in [2.75, 3.05) is 0 Å². The third-order valence-corrected chi connectivity index (χ3v) is 5.46. The zero-order valence-electron chi connectivity index (χ0n) is 9.97. The minimum Gasteiger partial charge on any atom is -0.347 e. The fourth-order valence-corrected chi connectivity index (χ4v) is 4.49. The van der Waals surface area contributed by atoms with Gasteiger partial charge >= 0.3 is 0 Å². The van der Waals surface area contributed by atoms with Crippen LogP contribution in [0.1, 0.15) is 29.8 Å². The number of hydrogen-bond donors (Lipinski definition) is 1. The molecule has 4 heteroatoms.